The minimum absolute atomic E-state index is 0.00686. The first kappa shape index (κ1) is 21.3. The van der Waals surface area contributed by atoms with Gasteiger partial charge in [0.2, 0.25) is 5.91 Å². The molecule has 0 radical (unpaired) electrons. The smallest absolute Gasteiger partial charge is 0.417 e. The summed E-state index contributed by atoms with van der Waals surface area (Å²) in [6, 6.07) is 6.70. The van der Waals surface area contributed by atoms with E-state index in [1.165, 1.54) is 12.3 Å². The van der Waals surface area contributed by atoms with Gasteiger partial charge in [-0.3, -0.25) is 9.36 Å². The Bertz CT molecular complexity index is 1010. The molecule has 1 aromatic carbocycles. The number of nitrogens with zero attached hydrogens (tertiary/aromatic N) is 3. The van der Waals surface area contributed by atoms with Gasteiger partial charge in [0.05, 0.1) is 22.1 Å². The first-order valence-corrected chi connectivity index (χ1v) is 9.77. The van der Waals surface area contributed by atoms with E-state index in [2.05, 4.69) is 15.5 Å². The molecule has 3 rings (SSSR count). The zero-order valence-corrected chi connectivity index (χ0v) is 16.9. The highest BCUT2D eigenvalue weighted by atomic mass is 35.5. The summed E-state index contributed by atoms with van der Waals surface area (Å²) >= 11 is 6.74. The number of hydrogen-bond donors (Lipinski definition) is 1. The number of amides is 1. The second-order valence-electron chi connectivity index (χ2n) is 5.97. The Morgan fingerprint density at radius 3 is 2.72 bits per heavy atom. The van der Waals surface area contributed by atoms with Gasteiger partial charge in [0.15, 0.2) is 16.7 Å². The van der Waals surface area contributed by atoms with Crippen molar-refractivity contribution in [3.63, 3.8) is 0 Å². The lowest BCUT2D eigenvalue weighted by Gasteiger charge is -2.14. The predicted octanol–water partition coefficient (Wildman–Crippen LogP) is 5.35. The third-order valence-electron chi connectivity index (χ3n) is 3.97. The Morgan fingerprint density at radius 1 is 1.34 bits per heavy atom. The summed E-state index contributed by atoms with van der Waals surface area (Å²) in [4.78, 5) is 12.5. The van der Waals surface area contributed by atoms with Crippen molar-refractivity contribution >= 4 is 35.0 Å². The van der Waals surface area contributed by atoms with E-state index in [9.17, 15) is 18.0 Å². The van der Waals surface area contributed by atoms with Gasteiger partial charge in [-0.1, -0.05) is 23.4 Å². The highest BCUT2D eigenvalue weighted by molar-refractivity contribution is 8.00. The maximum absolute atomic E-state index is 13.0. The van der Waals surface area contributed by atoms with Gasteiger partial charge in [0.25, 0.3) is 0 Å². The van der Waals surface area contributed by atoms with E-state index in [1.54, 1.807) is 23.6 Å². The molecule has 29 heavy (non-hydrogen) atoms. The molecule has 11 heteroatoms. The lowest BCUT2D eigenvalue weighted by atomic mass is 10.2. The van der Waals surface area contributed by atoms with Crippen LogP contribution in [0.5, 0.6) is 0 Å². The molecule has 1 unspecified atom stereocenters. The topological polar surface area (TPSA) is 73.0 Å². The van der Waals surface area contributed by atoms with Crippen LogP contribution >= 0.6 is 23.4 Å². The zero-order chi connectivity index (χ0) is 21.2. The van der Waals surface area contributed by atoms with Gasteiger partial charge in [-0.05, 0) is 44.2 Å². The summed E-state index contributed by atoms with van der Waals surface area (Å²) in [5, 5.41) is 10.1. The molecule has 2 heterocycles. The molecule has 0 fully saturated rings. The van der Waals surface area contributed by atoms with Crippen LogP contribution in [0.4, 0.5) is 18.9 Å². The second kappa shape index (κ2) is 8.50. The van der Waals surface area contributed by atoms with Gasteiger partial charge >= 0.3 is 6.18 Å². The number of benzene rings is 1. The molecule has 0 saturated heterocycles. The molecule has 0 spiro atoms. The maximum Gasteiger partial charge on any atom is 0.417 e. The molecule has 154 valence electrons. The van der Waals surface area contributed by atoms with E-state index < -0.39 is 27.9 Å². The first-order valence-electron chi connectivity index (χ1n) is 8.52. The number of rotatable bonds is 6. The fourth-order valence-corrected chi connectivity index (χ4v) is 3.66. The number of alkyl halides is 3. The van der Waals surface area contributed by atoms with Crippen LogP contribution < -0.4 is 5.32 Å². The van der Waals surface area contributed by atoms with Crippen molar-refractivity contribution < 1.29 is 22.4 Å². The lowest BCUT2D eigenvalue weighted by Crippen LogP contribution is -2.23. The van der Waals surface area contributed by atoms with Crippen molar-refractivity contribution in [2.24, 2.45) is 0 Å². The number of thioether (sulfide) groups is 1. The third-order valence-corrected chi connectivity index (χ3v) is 5.38. The molecular formula is C18H16ClF3N4O2S. The molecule has 0 bridgehead atoms. The van der Waals surface area contributed by atoms with E-state index in [0.29, 0.717) is 23.3 Å². The number of halogens is 4. The number of carbonyl (C=O) groups excluding carboxylic acids is 1. The second-order valence-corrected chi connectivity index (χ2v) is 7.68. The average Bonchev–Trinajstić information content (AvgIpc) is 3.31. The Hall–Kier alpha value is -2.46. The fraction of sp³-hybridized carbons (Fsp3) is 0.278. The van der Waals surface area contributed by atoms with Crippen LogP contribution in [0.1, 0.15) is 19.4 Å². The van der Waals surface area contributed by atoms with E-state index >= 15 is 0 Å². The predicted molar refractivity (Wildman–Crippen MR) is 104 cm³/mol. The Labute approximate surface area is 173 Å². The normalized spacial score (nSPS) is 12.8. The number of carbonyl (C=O) groups is 1. The third kappa shape index (κ3) is 4.76. The molecular weight excluding hydrogens is 429 g/mol. The van der Waals surface area contributed by atoms with Crippen molar-refractivity contribution in [3.05, 3.63) is 47.2 Å². The van der Waals surface area contributed by atoms with Gasteiger partial charge in [0.1, 0.15) is 0 Å². The molecule has 1 amide bonds. The highest BCUT2D eigenvalue weighted by Crippen LogP contribution is 2.36. The van der Waals surface area contributed by atoms with Crippen LogP contribution in [0.25, 0.3) is 11.6 Å². The molecule has 0 aliphatic rings. The highest BCUT2D eigenvalue weighted by Gasteiger charge is 2.33. The van der Waals surface area contributed by atoms with Gasteiger partial charge in [0, 0.05) is 12.2 Å². The summed E-state index contributed by atoms with van der Waals surface area (Å²) in [7, 11) is 0. The number of aromatic nitrogens is 3. The lowest BCUT2D eigenvalue weighted by molar-refractivity contribution is -0.137. The Kier molecular flexibility index (Phi) is 6.23. The summed E-state index contributed by atoms with van der Waals surface area (Å²) < 4.78 is 46.1. The van der Waals surface area contributed by atoms with Crippen LogP contribution in [0.3, 0.4) is 0 Å². The molecule has 6 nitrogen and oxygen atoms in total. The number of furan rings is 1. The fourth-order valence-electron chi connectivity index (χ4n) is 2.52. The van der Waals surface area contributed by atoms with E-state index in [4.69, 9.17) is 16.0 Å². The summed E-state index contributed by atoms with van der Waals surface area (Å²) in [6.45, 7) is 4.07. The van der Waals surface area contributed by atoms with Gasteiger partial charge in [-0.15, -0.1) is 10.2 Å². The van der Waals surface area contributed by atoms with Crippen molar-refractivity contribution in [2.45, 2.75) is 37.0 Å². The van der Waals surface area contributed by atoms with E-state index in [-0.39, 0.29) is 5.69 Å². The Balaban J connectivity index is 1.74. The molecule has 0 aliphatic carbocycles. The molecule has 1 N–H and O–H groups in total. The minimum Gasteiger partial charge on any atom is -0.461 e. The van der Waals surface area contributed by atoms with Crippen LogP contribution in [-0.2, 0) is 17.5 Å². The molecule has 2 aromatic heterocycles. The van der Waals surface area contributed by atoms with Crippen molar-refractivity contribution in [1.82, 2.24) is 14.8 Å². The van der Waals surface area contributed by atoms with Gasteiger partial charge in [-0.25, -0.2) is 0 Å². The average molecular weight is 445 g/mol. The standard InChI is InChI=1S/C18H16ClF3N4O2S/c1-3-26-15(14-5-4-8-28-14)24-25-17(26)29-10(2)16(27)23-11-6-7-13(19)12(9-11)18(20,21)22/h4-10H,3H2,1-2H3,(H,23,27). The van der Waals surface area contributed by atoms with Crippen molar-refractivity contribution in [2.75, 3.05) is 5.32 Å². The van der Waals surface area contributed by atoms with Crippen LogP contribution in [0, 0.1) is 0 Å². The Morgan fingerprint density at radius 2 is 2.10 bits per heavy atom. The summed E-state index contributed by atoms with van der Waals surface area (Å²) in [5.41, 5.74) is -1.00. The number of nitrogens with one attached hydrogen (secondary N) is 1. The minimum atomic E-state index is -4.61. The molecule has 0 aliphatic heterocycles. The summed E-state index contributed by atoms with van der Waals surface area (Å²) in [6.07, 6.45) is -3.09. The van der Waals surface area contributed by atoms with Gasteiger partial charge < -0.3 is 9.73 Å². The first-order chi connectivity index (χ1) is 13.7. The van der Waals surface area contributed by atoms with Crippen LogP contribution in [-0.4, -0.2) is 25.9 Å². The van der Waals surface area contributed by atoms with Crippen molar-refractivity contribution in [1.29, 1.82) is 0 Å². The maximum atomic E-state index is 13.0. The van der Waals surface area contributed by atoms with Gasteiger partial charge in [-0.2, -0.15) is 13.2 Å². The summed E-state index contributed by atoms with van der Waals surface area (Å²) in [5.74, 6) is 0.597. The molecule has 0 saturated carbocycles. The largest absolute Gasteiger partial charge is 0.461 e. The van der Waals surface area contributed by atoms with Crippen LogP contribution in [0.2, 0.25) is 5.02 Å². The quantitative estimate of drug-likeness (QED) is 0.519. The van der Waals surface area contributed by atoms with Crippen LogP contribution in [0.15, 0.2) is 46.2 Å². The van der Waals surface area contributed by atoms with E-state index in [1.807, 2.05) is 6.92 Å². The number of anilines is 1. The monoisotopic (exact) mass is 444 g/mol. The SMILES string of the molecule is CCn1c(SC(C)C(=O)Nc2ccc(Cl)c(C(F)(F)F)c2)nnc1-c1ccco1. The molecule has 3 aromatic rings. The van der Waals surface area contributed by atoms with E-state index in [0.717, 1.165) is 23.9 Å². The number of hydrogen-bond acceptors (Lipinski definition) is 5. The zero-order valence-electron chi connectivity index (χ0n) is 15.3. The molecule has 1 atom stereocenters. The van der Waals surface area contributed by atoms with Crippen molar-refractivity contribution in [3.8, 4) is 11.6 Å².